The smallest absolute Gasteiger partial charge is 0.226 e. The molecule has 0 saturated carbocycles. The largest absolute Gasteiger partial charge is 0.356 e. The van der Waals surface area contributed by atoms with Gasteiger partial charge in [0.05, 0.1) is 0 Å². The lowest BCUT2D eigenvalue weighted by Crippen LogP contribution is -2.25. The zero-order valence-corrected chi connectivity index (χ0v) is 17.6. The van der Waals surface area contributed by atoms with Crippen molar-refractivity contribution in [1.29, 1.82) is 0 Å². The predicted octanol–water partition coefficient (Wildman–Crippen LogP) is 4.35. The Morgan fingerprint density at radius 1 is 1.00 bits per heavy atom. The van der Waals surface area contributed by atoms with Crippen molar-refractivity contribution in [3.05, 3.63) is 47.1 Å². The van der Waals surface area contributed by atoms with Crippen molar-refractivity contribution < 1.29 is 9.32 Å². The maximum atomic E-state index is 12.0. The lowest BCUT2D eigenvalue weighted by atomic mass is 9.86. The van der Waals surface area contributed by atoms with Crippen molar-refractivity contribution in [3.8, 4) is 0 Å². The highest BCUT2D eigenvalue weighted by molar-refractivity contribution is 5.75. The Bertz CT molecular complexity index is 734. The van der Waals surface area contributed by atoms with E-state index in [1.165, 1.54) is 11.1 Å². The van der Waals surface area contributed by atoms with E-state index < -0.39 is 0 Å². The number of amides is 1. The fourth-order valence-electron chi connectivity index (χ4n) is 2.67. The van der Waals surface area contributed by atoms with E-state index in [4.69, 9.17) is 4.52 Å². The Morgan fingerprint density at radius 3 is 2.22 bits per heavy atom. The number of carbonyl (C=O) groups is 1. The third-order valence-corrected chi connectivity index (χ3v) is 4.49. The summed E-state index contributed by atoms with van der Waals surface area (Å²) in [6.07, 6.45) is 2.65. The number of hydrogen-bond donors (Lipinski definition) is 1. The van der Waals surface area contributed by atoms with Crippen LogP contribution in [0.4, 0.5) is 0 Å². The van der Waals surface area contributed by atoms with E-state index in [1.54, 1.807) is 0 Å². The second-order valence-electron chi connectivity index (χ2n) is 9.16. The van der Waals surface area contributed by atoms with Crippen molar-refractivity contribution in [2.24, 2.45) is 0 Å². The number of benzene rings is 1. The molecule has 1 N–H and O–H groups in total. The highest BCUT2D eigenvalue weighted by Gasteiger charge is 2.20. The summed E-state index contributed by atoms with van der Waals surface area (Å²) in [6.45, 7) is 13.4. The zero-order valence-electron chi connectivity index (χ0n) is 17.6. The highest BCUT2D eigenvalue weighted by atomic mass is 16.5. The normalized spacial score (nSPS) is 12.2. The minimum atomic E-state index is -0.121. The third kappa shape index (κ3) is 6.81. The number of nitrogens with one attached hydrogen (secondary N) is 1. The quantitative estimate of drug-likeness (QED) is 0.786. The van der Waals surface area contributed by atoms with Crippen molar-refractivity contribution in [3.63, 3.8) is 0 Å². The first-order valence-corrected chi connectivity index (χ1v) is 9.75. The molecule has 0 aliphatic rings. The van der Waals surface area contributed by atoms with Gasteiger partial charge in [-0.15, -0.1) is 0 Å². The molecule has 5 heteroatoms. The van der Waals surface area contributed by atoms with Gasteiger partial charge in [-0.3, -0.25) is 4.79 Å². The molecule has 0 unspecified atom stereocenters. The first kappa shape index (κ1) is 21.1. The minimum Gasteiger partial charge on any atom is -0.356 e. The van der Waals surface area contributed by atoms with Crippen molar-refractivity contribution in [2.45, 2.75) is 78.1 Å². The van der Waals surface area contributed by atoms with Gasteiger partial charge < -0.3 is 9.84 Å². The summed E-state index contributed by atoms with van der Waals surface area (Å²) in [5.74, 6) is 1.38. The van der Waals surface area contributed by atoms with Gasteiger partial charge in [0.15, 0.2) is 5.82 Å². The van der Waals surface area contributed by atoms with E-state index >= 15 is 0 Å². The maximum absolute atomic E-state index is 12.0. The van der Waals surface area contributed by atoms with E-state index in [9.17, 15) is 4.79 Å². The van der Waals surface area contributed by atoms with E-state index in [1.807, 2.05) is 20.8 Å². The molecule has 2 aromatic rings. The summed E-state index contributed by atoms with van der Waals surface area (Å²) in [5.41, 5.74) is 2.61. The Labute approximate surface area is 162 Å². The van der Waals surface area contributed by atoms with Crippen LogP contribution in [0.1, 0.15) is 77.2 Å². The summed E-state index contributed by atoms with van der Waals surface area (Å²) >= 11 is 0. The van der Waals surface area contributed by atoms with Gasteiger partial charge in [-0.2, -0.15) is 4.98 Å². The number of nitrogens with zero attached hydrogens (tertiary/aromatic N) is 2. The van der Waals surface area contributed by atoms with Gasteiger partial charge in [0.2, 0.25) is 11.8 Å². The molecule has 1 aromatic carbocycles. The molecule has 5 nitrogen and oxygen atoms in total. The summed E-state index contributed by atoms with van der Waals surface area (Å²) in [6, 6.07) is 8.64. The fraction of sp³-hybridized carbons (Fsp3) is 0.591. The first-order valence-electron chi connectivity index (χ1n) is 9.75. The van der Waals surface area contributed by atoms with Gasteiger partial charge in [-0.25, -0.2) is 0 Å². The molecule has 1 aromatic heterocycles. The molecule has 0 fully saturated rings. The molecule has 148 valence electrons. The van der Waals surface area contributed by atoms with Crippen LogP contribution in [0.2, 0.25) is 0 Å². The molecule has 1 amide bonds. The number of aryl methyl sites for hydroxylation is 1. The number of rotatable bonds is 7. The van der Waals surface area contributed by atoms with Crippen molar-refractivity contribution >= 4 is 5.91 Å². The van der Waals surface area contributed by atoms with Crippen LogP contribution >= 0.6 is 0 Å². The van der Waals surface area contributed by atoms with Crippen LogP contribution in [-0.2, 0) is 28.5 Å². The molecule has 0 atom stereocenters. The van der Waals surface area contributed by atoms with E-state index in [-0.39, 0.29) is 16.7 Å². The summed E-state index contributed by atoms with van der Waals surface area (Å²) < 4.78 is 5.25. The third-order valence-electron chi connectivity index (χ3n) is 4.49. The number of aromatic nitrogens is 2. The molecule has 27 heavy (non-hydrogen) atoms. The predicted molar refractivity (Wildman–Crippen MR) is 108 cm³/mol. The molecule has 2 rings (SSSR count). The van der Waals surface area contributed by atoms with Crippen LogP contribution in [0.3, 0.4) is 0 Å². The van der Waals surface area contributed by atoms with Crippen molar-refractivity contribution in [1.82, 2.24) is 15.5 Å². The van der Waals surface area contributed by atoms with Crippen LogP contribution in [-0.4, -0.2) is 22.6 Å². The molecule has 0 aliphatic heterocycles. The summed E-state index contributed by atoms with van der Waals surface area (Å²) in [7, 11) is 0. The Balaban J connectivity index is 1.67. The standard InChI is InChI=1S/C22H33N3O2/c1-21(2,3)17-12-10-16(11-13-17)14-15-23-18(26)8-7-9-19-24-20(25-27-19)22(4,5)6/h10-13H,7-9,14-15H2,1-6H3,(H,23,26). The molecular formula is C22H33N3O2. The Morgan fingerprint density at radius 2 is 1.67 bits per heavy atom. The summed E-state index contributed by atoms with van der Waals surface area (Å²) in [5, 5.41) is 6.99. The molecule has 0 saturated heterocycles. The topological polar surface area (TPSA) is 68.0 Å². The maximum Gasteiger partial charge on any atom is 0.226 e. The van der Waals surface area contributed by atoms with Gasteiger partial charge in [0.25, 0.3) is 0 Å². The molecule has 0 aliphatic carbocycles. The molecule has 1 heterocycles. The van der Waals surface area contributed by atoms with E-state index in [0.29, 0.717) is 37.5 Å². The van der Waals surface area contributed by atoms with Crippen LogP contribution in [0, 0.1) is 0 Å². The molecule has 0 spiro atoms. The molecular weight excluding hydrogens is 338 g/mol. The highest BCUT2D eigenvalue weighted by Crippen LogP contribution is 2.22. The number of hydrogen-bond acceptors (Lipinski definition) is 4. The SMILES string of the molecule is CC(C)(C)c1ccc(CCNC(=O)CCCc2nc(C(C)(C)C)no2)cc1. The Kier molecular flexibility index (Phi) is 6.79. The lowest BCUT2D eigenvalue weighted by Gasteiger charge is -2.19. The average molecular weight is 372 g/mol. The van der Waals surface area contributed by atoms with Gasteiger partial charge in [-0.1, -0.05) is 71.0 Å². The number of carbonyl (C=O) groups excluding carboxylic acids is 1. The molecule has 0 radical (unpaired) electrons. The lowest BCUT2D eigenvalue weighted by molar-refractivity contribution is -0.121. The van der Waals surface area contributed by atoms with Crippen LogP contribution in [0.25, 0.3) is 0 Å². The zero-order chi connectivity index (χ0) is 20.1. The van der Waals surface area contributed by atoms with Crippen LogP contribution < -0.4 is 5.32 Å². The van der Waals surface area contributed by atoms with E-state index in [0.717, 1.165) is 6.42 Å². The first-order chi connectivity index (χ1) is 12.6. The van der Waals surface area contributed by atoms with Gasteiger partial charge >= 0.3 is 0 Å². The second kappa shape index (κ2) is 8.68. The van der Waals surface area contributed by atoms with Crippen molar-refractivity contribution in [2.75, 3.05) is 6.54 Å². The van der Waals surface area contributed by atoms with Gasteiger partial charge in [0, 0.05) is 24.8 Å². The average Bonchev–Trinajstić information content (AvgIpc) is 3.04. The van der Waals surface area contributed by atoms with Crippen LogP contribution in [0.15, 0.2) is 28.8 Å². The van der Waals surface area contributed by atoms with Gasteiger partial charge in [-0.05, 0) is 29.4 Å². The van der Waals surface area contributed by atoms with E-state index in [2.05, 4.69) is 60.5 Å². The van der Waals surface area contributed by atoms with Gasteiger partial charge in [0.1, 0.15) is 0 Å². The summed E-state index contributed by atoms with van der Waals surface area (Å²) in [4.78, 5) is 16.4. The Hall–Kier alpha value is -2.17. The molecule has 0 bridgehead atoms. The second-order valence-corrected chi connectivity index (χ2v) is 9.16. The minimum absolute atomic E-state index is 0.0665. The monoisotopic (exact) mass is 371 g/mol. The fourth-order valence-corrected chi connectivity index (χ4v) is 2.67. The van der Waals surface area contributed by atoms with Crippen LogP contribution in [0.5, 0.6) is 0 Å².